The van der Waals surface area contributed by atoms with Gasteiger partial charge in [0.1, 0.15) is 11.9 Å². The molecule has 224 valence electrons. The van der Waals surface area contributed by atoms with E-state index in [0.717, 1.165) is 37.9 Å². The number of benzene rings is 5. The van der Waals surface area contributed by atoms with Gasteiger partial charge in [0, 0.05) is 50.6 Å². The maximum atomic E-state index is 6.64. The molecule has 46 heavy (non-hydrogen) atoms. The maximum absolute atomic E-state index is 6.64. The van der Waals surface area contributed by atoms with Crippen LogP contribution in [0.2, 0.25) is 0 Å². The molecule has 7 aromatic rings. The molecule has 1 saturated carbocycles. The third-order valence-corrected chi connectivity index (χ3v) is 11.0. The summed E-state index contributed by atoms with van der Waals surface area (Å²) in [7, 11) is 0. The van der Waals surface area contributed by atoms with Gasteiger partial charge in [-0.1, -0.05) is 72.8 Å². The Morgan fingerprint density at radius 2 is 1.48 bits per heavy atom. The summed E-state index contributed by atoms with van der Waals surface area (Å²) >= 11 is 0. The van der Waals surface area contributed by atoms with E-state index in [1.807, 2.05) is 0 Å². The third-order valence-electron chi connectivity index (χ3n) is 11.0. The second kappa shape index (κ2) is 9.99. The molecule has 0 radical (unpaired) electrons. The van der Waals surface area contributed by atoms with Crippen molar-refractivity contribution in [3.63, 3.8) is 0 Å². The Labute approximate surface area is 269 Å². The van der Waals surface area contributed by atoms with Crippen LogP contribution in [0.4, 0.5) is 0 Å². The molecule has 0 N–H and O–H groups in total. The van der Waals surface area contributed by atoms with Crippen LogP contribution in [-0.4, -0.2) is 15.2 Å². The monoisotopic (exact) mass is 596 g/mol. The van der Waals surface area contributed by atoms with Crippen molar-refractivity contribution in [3.8, 4) is 22.6 Å². The van der Waals surface area contributed by atoms with E-state index in [2.05, 4.69) is 137 Å². The highest BCUT2D eigenvalue weighted by atomic mass is 16.5. The molecular formula is C43H36N2O. The molecule has 2 aliphatic carbocycles. The Kier molecular flexibility index (Phi) is 5.69. The second-order valence-electron chi connectivity index (χ2n) is 13.5. The fraction of sp³-hybridized carbons (Fsp3) is 0.209. The highest BCUT2D eigenvalue weighted by Crippen LogP contribution is 2.51. The Bertz CT molecular complexity index is 2320. The molecule has 1 aliphatic heterocycles. The number of aromatic nitrogens is 2. The minimum Gasteiger partial charge on any atom is -0.489 e. The summed E-state index contributed by atoms with van der Waals surface area (Å²) in [5, 5.41) is 4.06. The fourth-order valence-electron chi connectivity index (χ4n) is 9.04. The molecule has 2 aromatic heterocycles. The maximum Gasteiger partial charge on any atom is 0.123 e. The molecule has 3 unspecified atom stereocenters. The van der Waals surface area contributed by atoms with E-state index in [1.54, 1.807) is 5.56 Å². The zero-order valence-corrected chi connectivity index (χ0v) is 26.1. The smallest absolute Gasteiger partial charge is 0.123 e. The van der Waals surface area contributed by atoms with E-state index < -0.39 is 0 Å². The first-order valence-electron chi connectivity index (χ1n) is 16.9. The Hall–Kier alpha value is -5.02. The van der Waals surface area contributed by atoms with Crippen molar-refractivity contribution in [1.29, 1.82) is 0 Å². The first kappa shape index (κ1) is 26.2. The van der Waals surface area contributed by atoms with Gasteiger partial charge in [-0.2, -0.15) is 0 Å². The van der Waals surface area contributed by atoms with Crippen LogP contribution in [0.1, 0.15) is 60.0 Å². The Balaban J connectivity index is 1.04. The largest absolute Gasteiger partial charge is 0.489 e. The number of fused-ring (bicyclic) bond motifs is 9. The van der Waals surface area contributed by atoms with E-state index >= 15 is 0 Å². The molecular weight excluding hydrogens is 560 g/mol. The van der Waals surface area contributed by atoms with Gasteiger partial charge in [0.25, 0.3) is 0 Å². The van der Waals surface area contributed by atoms with Crippen LogP contribution in [0.25, 0.3) is 55.6 Å². The van der Waals surface area contributed by atoms with Crippen molar-refractivity contribution >= 4 is 38.8 Å². The first-order chi connectivity index (χ1) is 22.7. The molecule has 1 fully saturated rings. The highest BCUT2D eigenvalue weighted by Gasteiger charge is 2.41. The van der Waals surface area contributed by atoms with Gasteiger partial charge in [0.15, 0.2) is 0 Å². The van der Waals surface area contributed by atoms with E-state index in [-0.39, 0.29) is 6.10 Å². The van der Waals surface area contributed by atoms with Crippen molar-refractivity contribution in [2.75, 3.05) is 0 Å². The van der Waals surface area contributed by atoms with E-state index in [0.29, 0.717) is 12.0 Å². The number of nitrogens with zero attached hydrogens (tertiary/aromatic N) is 2. The summed E-state index contributed by atoms with van der Waals surface area (Å²) in [6.45, 7) is 2.28. The second-order valence-corrected chi connectivity index (χ2v) is 13.5. The predicted octanol–water partition coefficient (Wildman–Crippen LogP) is 10.9. The number of allylic oxidation sites excluding steroid dienone is 1. The summed E-state index contributed by atoms with van der Waals surface area (Å²) in [5.41, 5.74) is 13.3. The number of hydrogen-bond donors (Lipinski definition) is 0. The topological polar surface area (TPSA) is 19.1 Å². The number of hydrogen-bond acceptors (Lipinski definition) is 1. The van der Waals surface area contributed by atoms with Crippen molar-refractivity contribution in [1.82, 2.24) is 9.13 Å². The highest BCUT2D eigenvalue weighted by molar-refractivity contribution is 6.09. The van der Waals surface area contributed by atoms with Crippen LogP contribution in [0.15, 0.2) is 115 Å². The zero-order chi connectivity index (χ0) is 30.4. The average Bonchev–Trinajstić information content (AvgIpc) is 3.76. The Morgan fingerprint density at radius 1 is 0.717 bits per heavy atom. The normalized spacial score (nSPS) is 20.2. The first-order valence-corrected chi connectivity index (χ1v) is 16.9. The number of aryl methyl sites for hydroxylation is 2. The summed E-state index contributed by atoms with van der Waals surface area (Å²) < 4.78 is 11.7. The van der Waals surface area contributed by atoms with E-state index in [4.69, 9.17) is 4.74 Å². The Morgan fingerprint density at radius 3 is 2.33 bits per heavy atom. The number of ether oxygens (including phenoxy) is 1. The lowest BCUT2D eigenvalue weighted by Crippen LogP contribution is -2.29. The van der Waals surface area contributed by atoms with Gasteiger partial charge in [-0.05, 0) is 110 Å². The molecule has 0 bridgehead atoms. The van der Waals surface area contributed by atoms with Crippen LogP contribution >= 0.6 is 0 Å². The standard InChI is InChI=1S/C43H36N2O/c1-27-10-8-19-40-43(27)34-15-4-7-18-39(34)45(40)31-21-23-42-36(26-31)35-25-29(20-22-41(35)46-42)28-11-9-12-30(24-28)44-37-16-5-2-13-32(37)33-14-3-6-17-38(33)44/h2-3,5-14,16-20,22,24-25,31,36,42H,4,15,21,23,26H2,1H3. The summed E-state index contributed by atoms with van der Waals surface area (Å²) in [4.78, 5) is 0. The molecule has 10 rings (SSSR count). The lowest BCUT2D eigenvalue weighted by Gasteiger charge is -2.33. The van der Waals surface area contributed by atoms with Crippen LogP contribution in [0.5, 0.6) is 5.75 Å². The lowest BCUT2D eigenvalue weighted by molar-refractivity contribution is 0.140. The molecule has 3 heterocycles. The van der Waals surface area contributed by atoms with Gasteiger partial charge in [0.05, 0.1) is 11.0 Å². The number of para-hydroxylation sites is 2. The van der Waals surface area contributed by atoms with Crippen molar-refractivity contribution in [3.05, 3.63) is 138 Å². The molecule has 0 amide bonds. The van der Waals surface area contributed by atoms with Gasteiger partial charge in [-0.15, -0.1) is 0 Å². The molecule has 0 saturated heterocycles. The molecule has 3 heteroatoms. The van der Waals surface area contributed by atoms with Crippen LogP contribution in [-0.2, 0) is 6.42 Å². The average molecular weight is 597 g/mol. The van der Waals surface area contributed by atoms with E-state index in [9.17, 15) is 0 Å². The molecule has 3 aliphatic rings. The molecule has 3 atom stereocenters. The van der Waals surface area contributed by atoms with Gasteiger partial charge in [0.2, 0.25) is 0 Å². The molecule has 0 spiro atoms. The molecule has 5 aromatic carbocycles. The van der Waals surface area contributed by atoms with Crippen molar-refractivity contribution < 1.29 is 4.74 Å². The third kappa shape index (κ3) is 3.78. The minimum atomic E-state index is 0.264. The summed E-state index contributed by atoms with van der Waals surface area (Å²) in [5.74, 6) is 1.48. The summed E-state index contributed by atoms with van der Waals surface area (Å²) in [6, 6.07) is 40.8. The summed E-state index contributed by atoms with van der Waals surface area (Å²) in [6.07, 6.45) is 10.7. The lowest BCUT2D eigenvalue weighted by atomic mass is 9.79. The SMILES string of the molecule is Cc1cccc2c1c1c(n2C2CCC3Oc4ccc(-c5cccc(-n6c7ccccc7c7ccccc76)c5)cc4C3C2)C=CCC1. The van der Waals surface area contributed by atoms with Crippen LogP contribution in [0, 0.1) is 6.92 Å². The van der Waals surface area contributed by atoms with Gasteiger partial charge in [-0.25, -0.2) is 0 Å². The zero-order valence-electron chi connectivity index (χ0n) is 26.1. The van der Waals surface area contributed by atoms with Gasteiger partial charge in [-0.3, -0.25) is 0 Å². The van der Waals surface area contributed by atoms with Crippen LogP contribution in [0.3, 0.4) is 0 Å². The van der Waals surface area contributed by atoms with Crippen molar-refractivity contribution in [2.45, 2.75) is 57.1 Å². The van der Waals surface area contributed by atoms with Crippen LogP contribution < -0.4 is 4.74 Å². The van der Waals surface area contributed by atoms with Crippen molar-refractivity contribution in [2.24, 2.45) is 0 Å². The minimum absolute atomic E-state index is 0.264. The molecule has 3 nitrogen and oxygen atoms in total. The quantitative estimate of drug-likeness (QED) is 0.199. The fourth-order valence-corrected chi connectivity index (χ4v) is 9.04. The van der Waals surface area contributed by atoms with E-state index in [1.165, 1.54) is 66.3 Å². The van der Waals surface area contributed by atoms with Gasteiger partial charge >= 0.3 is 0 Å². The number of rotatable bonds is 3. The predicted molar refractivity (Wildman–Crippen MR) is 190 cm³/mol. The van der Waals surface area contributed by atoms with Gasteiger partial charge < -0.3 is 13.9 Å².